The zero-order chi connectivity index (χ0) is 16.5. The molecule has 4 rings (SSSR count). The Labute approximate surface area is 140 Å². The second kappa shape index (κ2) is 6.32. The molecule has 1 aromatic carbocycles. The maximum atomic E-state index is 12.4. The Bertz CT molecular complexity index is 657. The van der Waals surface area contributed by atoms with Gasteiger partial charge in [0.05, 0.1) is 5.92 Å². The van der Waals surface area contributed by atoms with Crippen LogP contribution < -0.4 is 25.0 Å². The summed E-state index contributed by atoms with van der Waals surface area (Å²) in [4.78, 5) is 26.4. The van der Waals surface area contributed by atoms with E-state index < -0.39 is 0 Å². The van der Waals surface area contributed by atoms with Crippen LogP contribution in [0.1, 0.15) is 12.8 Å². The zero-order valence-electron chi connectivity index (χ0n) is 13.4. The molecule has 24 heavy (non-hydrogen) atoms. The summed E-state index contributed by atoms with van der Waals surface area (Å²) in [6.45, 7) is 3.18. The van der Waals surface area contributed by atoms with E-state index in [1.54, 1.807) is 4.90 Å². The van der Waals surface area contributed by atoms with Gasteiger partial charge >= 0.3 is 0 Å². The predicted molar refractivity (Wildman–Crippen MR) is 87.3 cm³/mol. The number of nitrogens with zero attached hydrogens (tertiary/aromatic N) is 1. The van der Waals surface area contributed by atoms with Gasteiger partial charge in [-0.05, 0) is 25.1 Å². The van der Waals surface area contributed by atoms with Crippen LogP contribution >= 0.6 is 0 Å². The van der Waals surface area contributed by atoms with Crippen LogP contribution in [0.2, 0.25) is 0 Å². The van der Waals surface area contributed by atoms with E-state index >= 15 is 0 Å². The second-order valence-electron chi connectivity index (χ2n) is 6.43. The standard InChI is InChI=1S/C17H21N3O4/c21-16-7-11(17(22)19-12-3-4-18-9-12)10-20(16)13-1-2-14-15(8-13)24-6-5-23-14/h1-2,8,11-12,18H,3-7,9-10H2,(H,19,22). The highest BCUT2D eigenvalue weighted by molar-refractivity contribution is 6.00. The van der Waals surface area contributed by atoms with Crippen LogP contribution in [0.5, 0.6) is 11.5 Å². The Kier molecular flexibility index (Phi) is 4.02. The van der Waals surface area contributed by atoms with Gasteiger partial charge < -0.3 is 25.0 Å². The van der Waals surface area contributed by atoms with Gasteiger partial charge in [0.25, 0.3) is 0 Å². The van der Waals surface area contributed by atoms with E-state index in [-0.39, 0.29) is 30.2 Å². The summed E-state index contributed by atoms with van der Waals surface area (Å²) in [6, 6.07) is 5.64. The largest absolute Gasteiger partial charge is 0.486 e. The molecule has 2 amide bonds. The van der Waals surface area contributed by atoms with Gasteiger partial charge in [-0.25, -0.2) is 0 Å². The molecule has 3 aliphatic heterocycles. The summed E-state index contributed by atoms with van der Waals surface area (Å²) in [5.74, 6) is 0.982. The van der Waals surface area contributed by atoms with Crippen LogP contribution in [0.4, 0.5) is 5.69 Å². The minimum absolute atomic E-state index is 0.0305. The van der Waals surface area contributed by atoms with E-state index in [2.05, 4.69) is 10.6 Å². The van der Waals surface area contributed by atoms with Crippen molar-refractivity contribution < 1.29 is 19.1 Å². The molecule has 0 saturated carbocycles. The smallest absolute Gasteiger partial charge is 0.227 e. The van der Waals surface area contributed by atoms with Crippen molar-refractivity contribution in [1.82, 2.24) is 10.6 Å². The minimum Gasteiger partial charge on any atom is -0.486 e. The first kappa shape index (κ1) is 15.3. The number of fused-ring (bicyclic) bond motifs is 1. The second-order valence-corrected chi connectivity index (χ2v) is 6.43. The Morgan fingerprint density at radius 2 is 2.08 bits per heavy atom. The molecule has 0 radical (unpaired) electrons. The number of hydrogen-bond acceptors (Lipinski definition) is 5. The van der Waals surface area contributed by atoms with Crippen molar-refractivity contribution in [2.75, 3.05) is 37.7 Å². The van der Waals surface area contributed by atoms with Crippen molar-refractivity contribution in [3.05, 3.63) is 18.2 Å². The van der Waals surface area contributed by atoms with Gasteiger partial charge in [-0.15, -0.1) is 0 Å². The van der Waals surface area contributed by atoms with Gasteiger partial charge in [0.1, 0.15) is 13.2 Å². The van der Waals surface area contributed by atoms with Crippen molar-refractivity contribution in [1.29, 1.82) is 0 Å². The first-order valence-electron chi connectivity index (χ1n) is 8.42. The molecule has 7 heteroatoms. The molecular weight excluding hydrogens is 310 g/mol. The zero-order valence-corrected chi connectivity index (χ0v) is 13.4. The van der Waals surface area contributed by atoms with Crippen LogP contribution in [0.25, 0.3) is 0 Å². The summed E-state index contributed by atoms with van der Waals surface area (Å²) in [6.07, 6.45) is 1.19. The van der Waals surface area contributed by atoms with Gasteiger partial charge in [-0.3, -0.25) is 9.59 Å². The molecule has 3 aliphatic rings. The van der Waals surface area contributed by atoms with Crippen molar-refractivity contribution in [3.8, 4) is 11.5 Å². The monoisotopic (exact) mass is 331 g/mol. The lowest BCUT2D eigenvalue weighted by molar-refractivity contribution is -0.126. The molecule has 128 valence electrons. The average molecular weight is 331 g/mol. The van der Waals surface area contributed by atoms with E-state index in [0.29, 0.717) is 31.3 Å². The Morgan fingerprint density at radius 1 is 1.25 bits per heavy atom. The third kappa shape index (κ3) is 2.91. The molecule has 2 unspecified atom stereocenters. The van der Waals surface area contributed by atoms with Gasteiger partial charge in [0.2, 0.25) is 11.8 Å². The molecule has 2 fully saturated rings. The lowest BCUT2D eigenvalue weighted by Crippen LogP contribution is -2.40. The van der Waals surface area contributed by atoms with Gasteiger partial charge in [0, 0.05) is 37.3 Å². The lowest BCUT2D eigenvalue weighted by atomic mass is 10.1. The Hall–Kier alpha value is -2.28. The molecule has 7 nitrogen and oxygen atoms in total. The van der Waals surface area contributed by atoms with Crippen LogP contribution in [-0.2, 0) is 9.59 Å². The summed E-state index contributed by atoms with van der Waals surface area (Å²) in [7, 11) is 0. The highest BCUT2D eigenvalue weighted by atomic mass is 16.6. The maximum absolute atomic E-state index is 12.4. The first-order chi connectivity index (χ1) is 11.7. The van der Waals surface area contributed by atoms with Crippen molar-refractivity contribution in [2.45, 2.75) is 18.9 Å². The fourth-order valence-electron chi connectivity index (χ4n) is 3.43. The predicted octanol–water partition coefficient (Wildman–Crippen LogP) is 0.289. The number of amides is 2. The molecule has 0 bridgehead atoms. The summed E-state index contributed by atoms with van der Waals surface area (Å²) in [5.41, 5.74) is 0.752. The SMILES string of the molecule is O=C(NC1CCNC1)C1CC(=O)N(c2ccc3c(c2)OCCO3)C1. The van der Waals surface area contributed by atoms with Crippen molar-refractivity contribution in [2.24, 2.45) is 5.92 Å². The molecule has 0 aromatic heterocycles. The molecule has 2 N–H and O–H groups in total. The Morgan fingerprint density at radius 3 is 2.88 bits per heavy atom. The van der Waals surface area contributed by atoms with E-state index in [0.717, 1.165) is 25.2 Å². The molecular formula is C17H21N3O4. The normalized spacial score (nSPS) is 25.8. The van der Waals surface area contributed by atoms with Gasteiger partial charge in [-0.1, -0.05) is 0 Å². The van der Waals surface area contributed by atoms with Crippen LogP contribution in [0.15, 0.2) is 18.2 Å². The molecule has 1 aromatic rings. The fourth-order valence-corrected chi connectivity index (χ4v) is 3.43. The molecule has 2 atom stereocenters. The Balaban J connectivity index is 1.44. The third-order valence-electron chi connectivity index (χ3n) is 4.74. The number of hydrogen-bond donors (Lipinski definition) is 2. The highest BCUT2D eigenvalue weighted by Crippen LogP contribution is 2.35. The van der Waals surface area contributed by atoms with E-state index in [1.807, 2.05) is 18.2 Å². The quantitative estimate of drug-likeness (QED) is 0.832. The first-order valence-corrected chi connectivity index (χ1v) is 8.42. The number of carbonyl (C=O) groups is 2. The highest BCUT2D eigenvalue weighted by Gasteiger charge is 2.36. The van der Waals surface area contributed by atoms with Gasteiger partial charge in [0.15, 0.2) is 11.5 Å². The number of nitrogens with one attached hydrogen (secondary N) is 2. The molecule has 0 spiro atoms. The van der Waals surface area contributed by atoms with Crippen LogP contribution in [0, 0.1) is 5.92 Å². The number of rotatable bonds is 3. The van der Waals surface area contributed by atoms with E-state index in [9.17, 15) is 9.59 Å². The van der Waals surface area contributed by atoms with Gasteiger partial charge in [-0.2, -0.15) is 0 Å². The van der Waals surface area contributed by atoms with Crippen LogP contribution in [0.3, 0.4) is 0 Å². The maximum Gasteiger partial charge on any atom is 0.227 e. The fraction of sp³-hybridized carbons (Fsp3) is 0.529. The topological polar surface area (TPSA) is 79.9 Å². The molecule has 2 saturated heterocycles. The molecule has 3 heterocycles. The number of carbonyl (C=O) groups excluding carboxylic acids is 2. The number of ether oxygens (including phenoxy) is 2. The summed E-state index contributed by atoms with van der Waals surface area (Å²) < 4.78 is 11.1. The summed E-state index contributed by atoms with van der Waals surface area (Å²) in [5, 5.41) is 6.26. The van der Waals surface area contributed by atoms with Crippen molar-refractivity contribution in [3.63, 3.8) is 0 Å². The van der Waals surface area contributed by atoms with E-state index in [4.69, 9.17) is 9.47 Å². The minimum atomic E-state index is -0.300. The van der Waals surface area contributed by atoms with Crippen LogP contribution in [-0.4, -0.2) is 50.7 Å². The van der Waals surface area contributed by atoms with Crippen molar-refractivity contribution >= 4 is 17.5 Å². The number of anilines is 1. The average Bonchev–Trinajstić information content (AvgIpc) is 3.24. The molecule has 0 aliphatic carbocycles. The lowest BCUT2D eigenvalue weighted by Gasteiger charge is -2.22. The van der Waals surface area contributed by atoms with E-state index in [1.165, 1.54) is 0 Å². The number of benzene rings is 1. The summed E-state index contributed by atoms with van der Waals surface area (Å²) >= 11 is 0. The third-order valence-corrected chi connectivity index (χ3v) is 4.74.